The minimum atomic E-state index is -3.51. The molecule has 3 aromatic rings. The third kappa shape index (κ3) is 4.04. The molecule has 0 fully saturated rings. The first kappa shape index (κ1) is 18.7. The Hall–Kier alpha value is -3.04. The van der Waals surface area contributed by atoms with E-state index in [1.54, 1.807) is 22.8 Å². The molecule has 27 heavy (non-hydrogen) atoms. The van der Waals surface area contributed by atoms with E-state index in [0.29, 0.717) is 11.4 Å². The molecule has 1 amide bonds. The summed E-state index contributed by atoms with van der Waals surface area (Å²) in [5, 5.41) is 2.57. The average molecular weight is 388 g/mol. The Balaban J connectivity index is 1.78. The summed E-state index contributed by atoms with van der Waals surface area (Å²) in [5.74, 6) is -0.933. The van der Waals surface area contributed by atoms with Crippen LogP contribution in [0.2, 0.25) is 0 Å². The number of amides is 1. The molecule has 1 N–H and O–H groups in total. The number of nitrogens with one attached hydrogen (secondary N) is 1. The van der Waals surface area contributed by atoms with Gasteiger partial charge in [-0.05, 0) is 42.5 Å². The van der Waals surface area contributed by atoms with Gasteiger partial charge in [-0.25, -0.2) is 22.1 Å². The van der Waals surface area contributed by atoms with Crippen LogP contribution in [-0.2, 0) is 10.0 Å². The first-order valence-electron chi connectivity index (χ1n) is 7.91. The number of nitrogens with zero attached hydrogens (tertiary/aromatic N) is 3. The maximum Gasteiger partial charge on any atom is 0.275 e. The highest BCUT2D eigenvalue weighted by atomic mass is 32.2. The van der Waals surface area contributed by atoms with E-state index in [0.717, 1.165) is 4.31 Å². The van der Waals surface area contributed by atoms with Gasteiger partial charge in [0.15, 0.2) is 0 Å². The van der Waals surface area contributed by atoms with E-state index in [9.17, 15) is 17.6 Å². The van der Waals surface area contributed by atoms with Crippen molar-refractivity contribution in [3.8, 4) is 5.69 Å². The molecule has 0 atom stereocenters. The number of imidazole rings is 1. The van der Waals surface area contributed by atoms with Gasteiger partial charge in [-0.15, -0.1) is 0 Å². The summed E-state index contributed by atoms with van der Waals surface area (Å²) in [6, 6.07) is 11.8. The van der Waals surface area contributed by atoms with Gasteiger partial charge in [-0.1, -0.05) is 6.07 Å². The summed E-state index contributed by atoms with van der Waals surface area (Å²) in [6.07, 6.45) is 2.94. The summed E-state index contributed by atoms with van der Waals surface area (Å²) in [7, 11) is -0.587. The SMILES string of the molecule is CN(C)S(=O)(=O)c1ccc(-n2cnc(C(=O)Nc3cccc(F)c3)c2)cc1. The number of carbonyl (C=O) groups excluding carboxylic acids is 1. The van der Waals surface area contributed by atoms with Crippen molar-refractivity contribution >= 4 is 21.6 Å². The molecular formula is C18H17FN4O3S. The molecular weight excluding hydrogens is 371 g/mol. The van der Waals surface area contributed by atoms with Crippen LogP contribution in [0.3, 0.4) is 0 Å². The van der Waals surface area contributed by atoms with Gasteiger partial charge >= 0.3 is 0 Å². The van der Waals surface area contributed by atoms with Crippen molar-refractivity contribution < 1.29 is 17.6 Å². The van der Waals surface area contributed by atoms with Crippen LogP contribution in [0.1, 0.15) is 10.5 Å². The van der Waals surface area contributed by atoms with Gasteiger partial charge in [-0.3, -0.25) is 4.79 Å². The fourth-order valence-electron chi connectivity index (χ4n) is 2.34. The lowest BCUT2D eigenvalue weighted by Gasteiger charge is -2.11. The van der Waals surface area contributed by atoms with Crippen LogP contribution in [0.15, 0.2) is 66.0 Å². The summed E-state index contributed by atoms with van der Waals surface area (Å²) >= 11 is 0. The Morgan fingerprint density at radius 1 is 1.15 bits per heavy atom. The Morgan fingerprint density at radius 3 is 2.48 bits per heavy atom. The van der Waals surface area contributed by atoms with E-state index >= 15 is 0 Å². The minimum absolute atomic E-state index is 0.143. The summed E-state index contributed by atoms with van der Waals surface area (Å²) < 4.78 is 40.1. The van der Waals surface area contributed by atoms with E-state index in [2.05, 4.69) is 10.3 Å². The molecule has 9 heteroatoms. The molecule has 0 aliphatic rings. The van der Waals surface area contributed by atoms with Crippen LogP contribution in [0, 0.1) is 5.82 Å². The molecule has 0 aliphatic carbocycles. The molecule has 0 radical (unpaired) electrons. The summed E-state index contributed by atoms with van der Waals surface area (Å²) in [4.78, 5) is 16.4. The van der Waals surface area contributed by atoms with Gasteiger partial charge in [0.1, 0.15) is 17.8 Å². The zero-order chi connectivity index (χ0) is 19.6. The van der Waals surface area contributed by atoms with Crippen molar-refractivity contribution in [3.05, 3.63) is 72.6 Å². The molecule has 0 saturated heterocycles. The van der Waals surface area contributed by atoms with Crippen LogP contribution in [-0.4, -0.2) is 42.3 Å². The fraction of sp³-hybridized carbons (Fsp3) is 0.111. The van der Waals surface area contributed by atoms with Crippen molar-refractivity contribution in [1.82, 2.24) is 13.9 Å². The maximum absolute atomic E-state index is 13.2. The predicted octanol–water partition coefficient (Wildman–Crippen LogP) is 2.51. The number of aromatic nitrogens is 2. The average Bonchev–Trinajstić information content (AvgIpc) is 3.12. The minimum Gasteiger partial charge on any atom is -0.321 e. The quantitative estimate of drug-likeness (QED) is 0.728. The van der Waals surface area contributed by atoms with Crippen LogP contribution in [0.4, 0.5) is 10.1 Å². The highest BCUT2D eigenvalue weighted by molar-refractivity contribution is 7.89. The molecule has 0 saturated carbocycles. The van der Waals surface area contributed by atoms with Gasteiger partial charge < -0.3 is 9.88 Å². The number of hydrogen-bond acceptors (Lipinski definition) is 4. The lowest BCUT2D eigenvalue weighted by atomic mass is 10.3. The molecule has 3 rings (SSSR count). The Bertz CT molecular complexity index is 1080. The third-order valence-corrected chi connectivity index (χ3v) is 5.64. The summed E-state index contributed by atoms with van der Waals surface area (Å²) in [6.45, 7) is 0. The van der Waals surface area contributed by atoms with Gasteiger partial charge in [0, 0.05) is 31.7 Å². The summed E-state index contributed by atoms with van der Waals surface area (Å²) in [5.41, 5.74) is 1.11. The van der Waals surface area contributed by atoms with E-state index < -0.39 is 21.7 Å². The number of sulfonamides is 1. The number of carbonyl (C=O) groups is 1. The van der Waals surface area contributed by atoms with Crippen molar-refractivity contribution in [2.75, 3.05) is 19.4 Å². The third-order valence-electron chi connectivity index (χ3n) is 3.81. The van der Waals surface area contributed by atoms with E-state index in [4.69, 9.17) is 0 Å². The Labute approximate surface area is 156 Å². The molecule has 1 heterocycles. The highest BCUT2D eigenvalue weighted by Gasteiger charge is 2.17. The van der Waals surface area contributed by atoms with Gasteiger partial charge in [0.05, 0.1) is 4.90 Å². The first-order valence-corrected chi connectivity index (χ1v) is 9.35. The second-order valence-electron chi connectivity index (χ2n) is 5.91. The monoisotopic (exact) mass is 388 g/mol. The fourth-order valence-corrected chi connectivity index (χ4v) is 3.25. The molecule has 0 aliphatic heterocycles. The van der Waals surface area contributed by atoms with Crippen LogP contribution in [0.5, 0.6) is 0 Å². The molecule has 0 unspecified atom stereocenters. The van der Waals surface area contributed by atoms with Crippen molar-refractivity contribution in [3.63, 3.8) is 0 Å². The first-order chi connectivity index (χ1) is 12.8. The number of anilines is 1. The number of rotatable bonds is 5. The van der Waals surface area contributed by atoms with Crippen molar-refractivity contribution in [2.45, 2.75) is 4.90 Å². The molecule has 140 valence electrons. The molecule has 7 nitrogen and oxygen atoms in total. The van der Waals surface area contributed by atoms with E-state index in [1.165, 1.54) is 57.0 Å². The van der Waals surface area contributed by atoms with E-state index in [-0.39, 0.29) is 10.6 Å². The maximum atomic E-state index is 13.2. The Kier molecular flexibility index (Phi) is 5.06. The molecule has 0 spiro atoms. The molecule has 0 bridgehead atoms. The topological polar surface area (TPSA) is 84.3 Å². The number of hydrogen-bond donors (Lipinski definition) is 1. The van der Waals surface area contributed by atoms with Gasteiger partial charge in [0.25, 0.3) is 5.91 Å². The number of halogens is 1. The number of benzene rings is 2. The van der Waals surface area contributed by atoms with Crippen LogP contribution in [0.25, 0.3) is 5.69 Å². The standard InChI is InChI=1S/C18H17FN4O3S/c1-22(2)27(25,26)16-8-6-15(7-9-16)23-11-17(20-12-23)18(24)21-14-5-3-4-13(19)10-14/h3-12H,1-2H3,(H,21,24). The largest absolute Gasteiger partial charge is 0.321 e. The van der Waals surface area contributed by atoms with Crippen molar-refractivity contribution in [1.29, 1.82) is 0 Å². The molecule has 1 aromatic heterocycles. The lowest BCUT2D eigenvalue weighted by Crippen LogP contribution is -2.22. The highest BCUT2D eigenvalue weighted by Crippen LogP contribution is 2.17. The lowest BCUT2D eigenvalue weighted by molar-refractivity contribution is 0.102. The van der Waals surface area contributed by atoms with Gasteiger partial charge in [-0.2, -0.15) is 0 Å². The Morgan fingerprint density at radius 2 is 1.85 bits per heavy atom. The molecule has 2 aromatic carbocycles. The smallest absolute Gasteiger partial charge is 0.275 e. The van der Waals surface area contributed by atoms with Gasteiger partial charge in [0.2, 0.25) is 10.0 Å². The van der Waals surface area contributed by atoms with Crippen molar-refractivity contribution in [2.24, 2.45) is 0 Å². The second-order valence-corrected chi connectivity index (χ2v) is 8.06. The zero-order valence-electron chi connectivity index (χ0n) is 14.6. The predicted molar refractivity (Wildman–Crippen MR) is 98.8 cm³/mol. The zero-order valence-corrected chi connectivity index (χ0v) is 15.4. The second kappa shape index (κ2) is 7.29. The van der Waals surface area contributed by atoms with Crippen LogP contribution >= 0.6 is 0 Å². The van der Waals surface area contributed by atoms with E-state index in [1.807, 2.05) is 0 Å². The normalized spacial score (nSPS) is 11.6. The van der Waals surface area contributed by atoms with Crippen LogP contribution < -0.4 is 5.32 Å².